The van der Waals surface area contributed by atoms with E-state index in [1.165, 1.54) is 6.07 Å². The van der Waals surface area contributed by atoms with E-state index in [1.54, 1.807) is 30.3 Å². The van der Waals surface area contributed by atoms with Crippen molar-refractivity contribution in [3.05, 3.63) is 58.0 Å². The van der Waals surface area contributed by atoms with Crippen LogP contribution in [0.5, 0.6) is 0 Å². The first-order valence-corrected chi connectivity index (χ1v) is 12.0. The van der Waals surface area contributed by atoms with E-state index in [-0.39, 0.29) is 33.6 Å². The van der Waals surface area contributed by atoms with Crippen molar-refractivity contribution >= 4 is 40.8 Å². The molecule has 3 fully saturated rings. The lowest BCUT2D eigenvalue weighted by Crippen LogP contribution is -2.56. The van der Waals surface area contributed by atoms with Crippen LogP contribution in [-0.4, -0.2) is 46.4 Å². The number of carbonyl (C=O) groups is 2. The van der Waals surface area contributed by atoms with Gasteiger partial charge in [0.15, 0.2) is 0 Å². The predicted molar refractivity (Wildman–Crippen MR) is 125 cm³/mol. The molecule has 0 bridgehead atoms. The zero-order chi connectivity index (χ0) is 23.3. The zero-order valence-electron chi connectivity index (χ0n) is 18.2. The smallest absolute Gasteiger partial charge is 0.246 e. The van der Waals surface area contributed by atoms with Crippen LogP contribution >= 0.6 is 23.2 Å². The second-order valence-electron chi connectivity index (χ2n) is 9.34. The summed E-state index contributed by atoms with van der Waals surface area (Å²) in [5.41, 5.74) is -0.917. The molecule has 174 valence electrons. The standard InChI is InChI=1S/C24H25Cl2FN4O2/c1-24(23(33)30-18-7-3-6-17(26)29-18)20(14-4-2-5-15(25)21(14)27)19-16(10-11-28-22(19)32)31(24)12-13-8-9-13/h2-7,13,16,19-20H,8-12H2,1H3,(H,28,32)(H,29,30,33)/t16-,19+,20-,24+/m0/s1. The zero-order valence-corrected chi connectivity index (χ0v) is 19.7. The Morgan fingerprint density at radius 1 is 1.24 bits per heavy atom. The number of carbonyl (C=O) groups excluding carboxylic acids is 2. The van der Waals surface area contributed by atoms with Gasteiger partial charge >= 0.3 is 0 Å². The molecule has 4 atom stereocenters. The SMILES string of the molecule is C[C@]1(C(=O)Nc2cccc(Cl)n2)[C@@H](c2cccc(Cl)c2F)[C@@H]2C(=O)NCC[C@@H]2N1CC1CC1. The molecule has 6 nitrogen and oxygen atoms in total. The minimum absolute atomic E-state index is 0.0276. The third-order valence-electron chi connectivity index (χ3n) is 7.30. The molecule has 2 aliphatic heterocycles. The van der Waals surface area contributed by atoms with Crippen LogP contribution in [0.3, 0.4) is 0 Å². The van der Waals surface area contributed by atoms with Gasteiger partial charge in [-0.3, -0.25) is 14.5 Å². The molecular formula is C24H25Cl2FN4O2. The van der Waals surface area contributed by atoms with Crippen LogP contribution in [0.25, 0.3) is 0 Å². The Labute approximate surface area is 201 Å². The first kappa shape index (κ1) is 22.6. The molecule has 1 aromatic heterocycles. The number of piperidine rings is 1. The number of aromatic nitrogens is 1. The number of benzene rings is 1. The van der Waals surface area contributed by atoms with Gasteiger partial charge in [-0.2, -0.15) is 0 Å². The van der Waals surface area contributed by atoms with Gasteiger partial charge in [0.05, 0.1) is 10.9 Å². The van der Waals surface area contributed by atoms with Crippen LogP contribution in [0, 0.1) is 17.7 Å². The Hall–Kier alpha value is -2.22. The number of likely N-dealkylation sites (tertiary alicyclic amines) is 1. The van der Waals surface area contributed by atoms with E-state index < -0.39 is 23.2 Å². The Kier molecular flexibility index (Phi) is 5.83. The van der Waals surface area contributed by atoms with Crippen molar-refractivity contribution in [2.45, 2.75) is 43.7 Å². The maximum atomic E-state index is 15.4. The van der Waals surface area contributed by atoms with Gasteiger partial charge in [-0.05, 0) is 55.9 Å². The highest BCUT2D eigenvalue weighted by Gasteiger charge is 2.64. The van der Waals surface area contributed by atoms with Gasteiger partial charge in [0.2, 0.25) is 11.8 Å². The van der Waals surface area contributed by atoms with Gasteiger partial charge in [-0.15, -0.1) is 0 Å². The van der Waals surface area contributed by atoms with Crippen LogP contribution in [0.1, 0.15) is 37.7 Å². The third-order valence-corrected chi connectivity index (χ3v) is 7.81. The summed E-state index contributed by atoms with van der Waals surface area (Å²) in [7, 11) is 0. The van der Waals surface area contributed by atoms with Crippen LogP contribution in [-0.2, 0) is 9.59 Å². The third kappa shape index (κ3) is 3.90. The van der Waals surface area contributed by atoms with Crippen LogP contribution in [0.15, 0.2) is 36.4 Å². The molecule has 2 N–H and O–H groups in total. The number of nitrogens with zero attached hydrogens (tertiary/aromatic N) is 2. The summed E-state index contributed by atoms with van der Waals surface area (Å²) in [4.78, 5) is 33.5. The van der Waals surface area contributed by atoms with Gasteiger partial charge < -0.3 is 10.6 Å². The minimum Gasteiger partial charge on any atom is -0.356 e. The van der Waals surface area contributed by atoms with Crippen molar-refractivity contribution in [1.82, 2.24) is 15.2 Å². The Morgan fingerprint density at radius 2 is 2.00 bits per heavy atom. The molecule has 3 heterocycles. The molecule has 2 aromatic rings. The van der Waals surface area contributed by atoms with Gasteiger partial charge in [-0.25, -0.2) is 9.37 Å². The summed E-state index contributed by atoms with van der Waals surface area (Å²) < 4.78 is 15.4. The predicted octanol–water partition coefficient (Wildman–Crippen LogP) is 4.24. The molecule has 2 saturated heterocycles. The molecule has 3 aliphatic rings. The average molecular weight is 491 g/mol. The Morgan fingerprint density at radius 3 is 2.73 bits per heavy atom. The van der Waals surface area contributed by atoms with E-state index in [2.05, 4.69) is 20.5 Å². The molecule has 1 aliphatic carbocycles. The minimum atomic E-state index is -1.20. The fraction of sp³-hybridized carbons (Fsp3) is 0.458. The molecule has 1 aromatic carbocycles. The number of fused-ring (bicyclic) bond motifs is 1. The Balaban J connectivity index is 1.64. The van der Waals surface area contributed by atoms with Crippen LogP contribution in [0.2, 0.25) is 10.2 Å². The van der Waals surface area contributed by atoms with Crippen molar-refractivity contribution in [2.24, 2.45) is 11.8 Å². The normalized spacial score (nSPS) is 29.5. The summed E-state index contributed by atoms with van der Waals surface area (Å²) in [6.07, 6.45) is 2.87. The second-order valence-corrected chi connectivity index (χ2v) is 10.1. The summed E-state index contributed by atoms with van der Waals surface area (Å²) in [5, 5.41) is 6.04. The first-order valence-electron chi connectivity index (χ1n) is 11.2. The molecule has 0 spiro atoms. The highest BCUT2D eigenvalue weighted by molar-refractivity contribution is 6.30. The monoisotopic (exact) mass is 490 g/mol. The quantitative estimate of drug-likeness (QED) is 0.614. The number of amides is 2. The maximum absolute atomic E-state index is 15.4. The number of anilines is 1. The van der Waals surface area contributed by atoms with Crippen molar-refractivity contribution in [3.63, 3.8) is 0 Å². The summed E-state index contributed by atoms with van der Waals surface area (Å²) in [6.45, 7) is 3.02. The van der Waals surface area contributed by atoms with E-state index >= 15 is 4.39 Å². The molecule has 0 radical (unpaired) electrons. The molecule has 33 heavy (non-hydrogen) atoms. The van der Waals surface area contributed by atoms with E-state index in [0.29, 0.717) is 31.2 Å². The topological polar surface area (TPSA) is 74.3 Å². The highest BCUT2D eigenvalue weighted by Crippen LogP contribution is 2.53. The molecule has 9 heteroatoms. The van der Waals surface area contributed by atoms with E-state index in [0.717, 1.165) is 12.8 Å². The number of nitrogens with one attached hydrogen (secondary N) is 2. The maximum Gasteiger partial charge on any atom is 0.246 e. The lowest BCUT2D eigenvalue weighted by Gasteiger charge is -2.40. The lowest BCUT2D eigenvalue weighted by atomic mass is 9.73. The molecule has 5 rings (SSSR count). The fourth-order valence-corrected chi connectivity index (χ4v) is 5.91. The van der Waals surface area contributed by atoms with Crippen LogP contribution < -0.4 is 10.6 Å². The highest BCUT2D eigenvalue weighted by atomic mass is 35.5. The van der Waals surface area contributed by atoms with E-state index in [1.807, 2.05) is 6.92 Å². The summed E-state index contributed by atoms with van der Waals surface area (Å²) in [5.74, 6) is -1.61. The number of rotatable bonds is 5. The van der Waals surface area contributed by atoms with Crippen molar-refractivity contribution in [3.8, 4) is 0 Å². The number of pyridine rings is 1. The van der Waals surface area contributed by atoms with E-state index in [4.69, 9.17) is 23.2 Å². The molecule has 0 unspecified atom stereocenters. The first-order chi connectivity index (χ1) is 15.8. The lowest BCUT2D eigenvalue weighted by molar-refractivity contribution is -0.128. The van der Waals surface area contributed by atoms with Gasteiger partial charge in [-0.1, -0.05) is 41.4 Å². The van der Waals surface area contributed by atoms with Crippen molar-refractivity contribution in [2.75, 3.05) is 18.4 Å². The summed E-state index contributed by atoms with van der Waals surface area (Å²) >= 11 is 12.2. The summed E-state index contributed by atoms with van der Waals surface area (Å²) in [6, 6.07) is 9.57. The van der Waals surface area contributed by atoms with E-state index in [9.17, 15) is 9.59 Å². The second kappa shape index (κ2) is 8.53. The Bertz CT molecular complexity index is 1110. The van der Waals surface area contributed by atoms with Crippen molar-refractivity contribution in [1.29, 1.82) is 0 Å². The van der Waals surface area contributed by atoms with Crippen molar-refractivity contribution < 1.29 is 14.0 Å². The molecule has 1 saturated carbocycles. The van der Waals surface area contributed by atoms with Gasteiger partial charge in [0, 0.05) is 25.0 Å². The number of hydrogen-bond acceptors (Lipinski definition) is 4. The number of hydrogen-bond donors (Lipinski definition) is 2. The number of halogens is 3. The van der Waals surface area contributed by atoms with Gasteiger partial charge in [0.25, 0.3) is 0 Å². The molecular weight excluding hydrogens is 466 g/mol. The van der Waals surface area contributed by atoms with Gasteiger partial charge in [0.1, 0.15) is 22.3 Å². The molecule has 2 amide bonds. The largest absolute Gasteiger partial charge is 0.356 e. The fourth-order valence-electron chi connectivity index (χ4n) is 5.56. The van der Waals surface area contributed by atoms with Crippen LogP contribution in [0.4, 0.5) is 10.2 Å². The average Bonchev–Trinajstić information content (AvgIpc) is 3.56.